The summed E-state index contributed by atoms with van der Waals surface area (Å²) in [6.45, 7) is 6.47. The standard InChI is InChI=1S/C20H27N3O6/c1-9(2)5-6-28-17-10(3)15(24)14-13(16(17)25)11(8-29-19(21)26)20(27-4)18-12(22-18)7-23(14)20/h9,11-12,18,22H,5-8H2,1-4H3,(H2,21,26)/t11-,12+,18+,20-/m1/s1. The van der Waals surface area contributed by atoms with Gasteiger partial charge in [0.05, 0.1) is 24.3 Å². The Morgan fingerprint density at radius 2 is 2.07 bits per heavy atom. The number of ketones is 2. The fourth-order valence-electron chi connectivity index (χ4n) is 4.84. The van der Waals surface area contributed by atoms with Crippen molar-refractivity contribution >= 4 is 17.7 Å². The molecule has 0 radical (unpaired) electrons. The van der Waals surface area contributed by atoms with Crippen LogP contribution in [0.5, 0.6) is 0 Å². The largest absolute Gasteiger partial charge is 0.489 e. The van der Waals surface area contributed by atoms with Gasteiger partial charge in [-0.1, -0.05) is 13.8 Å². The van der Waals surface area contributed by atoms with Crippen molar-refractivity contribution in [3.63, 3.8) is 0 Å². The lowest BCUT2D eigenvalue weighted by Gasteiger charge is -2.39. The Morgan fingerprint density at radius 3 is 2.69 bits per heavy atom. The Labute approximate surface area is 169 Å². The first kappa shape index (κ1) is 19.9. The number of fused-ring (bicyclic) bond motifs is 4. The molecular weight excluding hydrogens is 378 g/mol. The first-order chi connectivity index (χ1) is 13.7. The van der Waals surface area contributed by atoms with E-state index in [1.807, 2.05) is 4.90 Å². The van der Waals surface area contributed by atoms with Crippen LogP contribution in [0.25, 0.3) is 0 Å². The Hall–Kier alpha value is -2.39. The van der Waals surface area contributed by atoms with Crippen molar-refractivity contribution in [2.45, 2.75) is 45.0 Å². The number of primary amides is 1. The zero-order valence-electron chi connectivity index (χ0n) is 17.1. The first-order valence-corrected chi connectivity index (χ1v) is 9.92. The summed E-state index contributed by atoms with van der Waals surface area (Å²) in [5, 5.41) is 3.32. The van der Waals surface area contributed by atoms with Crippen molar-refractivity contribution in [1.82, 2.24) is 10.2 Å². The third-order valence-corrected chi connectivity index (χ3v) is 6.31. The minimum absolute atomic E-state index is 0.0641. The molecule has 1 amide bonds. The summed E-state index contributed by atoms with van der Waals surface area (Å²) < 4.78 is 16.8. The zero-order chi connectivity index (χ0) is 21.1. The van der Waals surface area contributed by atoms with E-state index < -0.39 is 17.7 Å². The van der Waals surface area contributed by atoms with Gasteiger partial charge in [0.15, 0.2) is 11.5 Å². The molecule has 4 rings (SSSR count). The summed E-state index contributed by atoms with van der Waals surface area (Å²) in [5.74, 6) is -0.756. The number of ether oxygens (including phenoxy) is 3. The minimum atomic E-state index is -0.968. The normalized spacial score (nSPS) is 32.6. The number of rotatable bonds is 7. The number of nitrogens with two attached hydrogens (primary N) is 1. The van der Waals surface area contributed by atoms with E-state index in [9.17, 15) is 14.4 Å². The van der Waals surface area contributed by atoms with Gasteiger partial charge in [0.2, 0.25) is 11.6 Å². The van der Waals surface area contributed by atoms with Crippen molar-refractivity contribution in [3.8, 4) is 0 Å². The number of piperazine rings is 1. The third kappa shape index (κ3) is 2.78. The van der Waals surface area contributed by atoms with Crippen LogP contribution in [0.2, 0.25) is 0 Å². The van der Waals surface area contributed by atoms with Gasteiger partial charge >= 0.3 is 6.09 Å². The second kappa shape index (κ2) is 6.84. The molecule has 4 aliphatic rings. The quantitative estimate of drug-likeness (QED) is 0.461. The first-order valence-electron chi connectivity index (χ1n) is 9.92. The van der Waals surface area contributed by atoms with Gasteiger partial charge in [-0.25, -0.2) is 4.79 Å². The van der Waals surface area contributed by atoms with E-state index in [2.05, 4.69) is 19.2 Å². The second-order valence-electron chi connectivity index (χ2n) is 8.41. The van der Waals surface area contributed by atoms with E-state index in [0.717, 1.165) is 6.42 Å². The number of methoxy groups -OCH3 is 1. The fraction of sp³-hybridized carbons (Fsp3) is 0.650. The number of hydrogen-bond donors (Lipinski definition) is 2. The molecule has 2 fully saturated rings. The van der Waals surface area contributed by atoms with Gasteiger partial charge in [0, 0.05) is 30.8 Å². The van der Waals surface area contributed by atoms with Crippen LogP contribution in [-0.2, 0) is 23.8 Å². The van der Waals surface area contributed by atoms with Gasteiger partial charge in [-0.15, -0.1) is 0 Å². The molecule has 29 heavy (non-hydrogen) atoms. The lowest BCUT2D eigenvalue weighted by molar-refractivity contribution is -0.137. The summed E-state index contributed by atoms with van der Waals surface area (Å²) >= 11 is 0. The average molecular weight is 405 g/mol. The molecule has 0 aromatic rings. The van der Waals surface area contributed by atoms with E-state index in [4.69, 9.17) is 19.9 Å². The molecule has 9 nitrogen and oxygen atoms in total. The highest BCUT2D eigenvalue weighted by atomic mass is 16.6. The van der Waals surface area contributed by atoms with E-state index in [-0.39, 0.29) is 41.6 Å². The molecule has 4 atom stereocenters. The van der Waals surface area contributed by atoms with Crippen LogP contribution in [-0.4, -0.2) is 67.2 Å². The molecule has 0 aromatic carbocycles. The molecule has 3 heterocycles. The molecule has 0 aromatic heterocycles. The third-order valence-electron chi connectivity index (χ3n) is 6.31. The van der Waals surface area contributed by atoms with Crippen LogP contribution in [0.15, 0.2) is 22.6 Å². The number of amides is 1. The summed E-state index contributed by atoms with van der Waals surface area (Å²) in [5.41, 5.74) is 5.13. The van der Waals surface area contributed by atoms with Gasteiger partial charge in [0.1, 0.15) is 6.61 Å². The lowest BCUT2D eigenvalue weighted by atomic mass is 9.83. The van der Waals surface area contributed by atoms with E-state index >= 15 is 0 Å². The maximum atomic E-state index is 13.4. The fourth-order valence-corrected chi connectivity index (χ4v) is 4.84. The number of nitrogens with zero attached hydrogens (tertiary/aromatic N) is 1. The number of carbonyl (C=O) groups excluding carboxylic acids is 3. The number of Topliss-reactive ketones (excluding diaryl/α,β-unsaturated/α-hetero) is 2. The molecule has 3 aliphatic heterocycles. The van der Waals surface area contributed by atoms with Crippen LogP contribution < -0.4 is 11.1 Å². The maximum absolute atomic E-state index is 13.4. The molecular formula is C20H27N3O6. The molecule has 2 saturated heterocycles. The number of allylic oxidation sites excluding steroid dienone is 2. The van der Waals surface area contributed by atoms with Crippen LogP contribution in [0.1, 0.15) is 27.2 Å². The summed E-state index contributed by atoms with van der Waals surface area (Å²) in [6.07, 6.45) is -0.176. The summed E-state index contributed by atoms with van der Waals surface area (Å²) in [6, 6.07) is 0.0988. The van der Waals surface area contributed by atoms with Crippen LogP contribution in [0.3, 0.4) is 0 Å². The summed E-state index contributed by atoms with van der Waals surface area (Å²) in [4.78, 5) is 39.9. The van der Waals surface area contributed by atoms with Crippen LogP contribution in [0, 0.1) is 11.8 Å². The molecule has 1 aliphatic carbocycles. The van der Waals surface area contributed by atoms with E-state index in [1.165, 1.54) is 0 Å². The molecule has 158 valence electrons. The smallest absolute Gasteiger partial charge is 0.404 e. The van der Waals surface area contributed by atoms with Crippen molar-refractivity contribution < 1.29 is 28.6 Å². The van der Waals surface area contributed by atoms with Crippen molar-refractivity contribution in [2.75, 3.05) is 26.9 Å². The number of nitrogens with one attached hydrogen (secondary N) is 1. The second-order valence-corrected chi connectivity index (χ2v) is 8.41. The SMILES string of the molecule is CO[C@@]12[C@H](COC(N)=O)C3=C(C(=O)C(C)=C(OCCC(C)C)C3=O)N1C[C@@H]1N[C@@H]12. The number of carbonyl (C=O) groups is 3. The summed E-state index contributed by atoms with van der Waals surface area (Å²) in [7, 11) is 1.54. The molecule has 0 saturated carbocycles. The highest BCUT2D eigenvalue weighted by molar-refractivity contribution is 6.25. The molecule has 0 unspecified atom stereocenters. The molecule has 9 heteroatoms. The van der Waals surface area contributed by atoms with Gasteiger partial charge in [0.25, 0.3) is 0 Å². The Kier molecular flexibility index (Phi) is 4.70. The van der Waals surface area contributed by atoms with Crippen LogP contribution in [0.4, 0.5) is 4.79 Å². The zero-order valence-corrected chi connectivity index (χ0v) is 17.1. The van der Waals surface area contributed by atoms with Gasteiger partial charge in [-0.2, -0.15) is 0 Å². The van der Waals surface area contributed by atoms with Crippen molar-refractivity contribution in [1.29, 1.82) is 0 Å². The van der Waals surface area contributed by atoms with Crippen molar-refractivity contribution in [3.05, 3.63) is 22.6 Å². The topological polar surface area (TPSA) is 130 Å². The Bertz CT molecular complexity index is 847. The molecule has 0 spiro atoms. The monoisotopic (exact) mass is 405 g/mol. The van der Waals surface area contributed by atoms with Gasteiger partial charge < -0.3 is 30.2 Å². The molecule has 3 N–H and O–H groups in total. The number of hydrogen-bond acceptors (Lipinski definition) is 8. The predicted octanol–water partition coefficient (Wildman–Crippen LogP) is 0.453. The van der Waals surface area contributed by atoms with Gasteiger partial charge in [-0.05, 0) is 19.3 Å². The Balaban J connectivity index is 1.71. The average Bonchev–Trinajstić information content (AvgIpc) is 3.27. The lowest BCUT2D eigenvalue weighted by Crippen LogP contribution is -2.55. The minimum Gasteiger partial charge on any atom is -0.489 e. The van der Waals surface area contributed by atoms with Crippen LogP contribution >= 0.6 is 0 Å². The predicted molar refractivity (Wildman–Crippen MR) is 101 cm³/mol. The maximum Gasteiger partial charge on any atom is 0.404 e. The van der Waals surface area contributed by atoms with E-state index in [0.29, 0.717) is 30.3 Å². The highest BCUT2D eigenvalue weighted by Gasteiger charge is 2.72. The van der Waals surface area contributed by atoms with E-state index in [1.54, 1.807) is 14.0 Å². The van der Waals surface area contributed by atoms with Crippen molar-refractivity contribution in [2.24, 2.45) is 17.6 Å². The highest BCUT2D eigenvalue weighted by Crippen LogP contribution is 2.55. The molecule has 0 bridgehead atoms. The Morgan fingerprint density at radius 1 is 1.34 bits per heavy atom. The van der Waals surface area contributed by atoms with Gasteiger partial charge in [-0.3, -0.25) is 9.59 Å².